The van der Waals surface area contributed by atoms with Gasteiger partial charge in [0, 0.05) is 16.7 Å². The normalized spacial score (nSPS) is 16.5. The number of hydrogen-bond acceptors (Lipinski definition) is 7. The van der Waals surface area contributed by atoms with Crippen molar-refractivity contribution in [3.63, 3.8) is 0 Å². The third-order valence-electron chi connectivity index (χ3n) is 5.58. The van der Waals surface area contributed by atoms with E-state index in [1.54, 1.807) is 36.4 Å². The minimum absolute atomic E-state index is 0.0453. The zero-order valence-corrected chi connectivity index (χ0v) is 19.1. The van der Waals surface area contributed by atoms with Crippen LogP contribution in [0.5, 0.6) is 23.0 Å². The van der Waals surface area contributed by atoms with Crippen LogP contribution in [0.2, 0.25) is 0 Å². The van der Waals surface area contributed by atoms with Gasteiger partial charge in [0.2, 0.25) is 11.6 Å². The Morgan fingerprint density at radius 1 is 0.829 bits per heavy atom. The second kappa shape index (κ2) is 8.98. The maximum absolute atomic E-state index is 14.3. The number of hydrogen-bond donors (Lipinski definition) is 0. The van der Waals surface area contributed by atoms with Gasteiger partial charge in [-0.05, 0) is 36.4 Å². The fraction of sp³-hybridized carbons (Fsp3) is 0.111. The molecule has 35 heavy (non-hydrogen) atoms. The van der Waals surface area contributed by atoms with Crippen molar-refractivity contribution in [1.29, 1.82) is 0 Å². The summed E-state index contributed by atoms with van der Waals surface area (Å²) < 4.78 is 42.2. The van der Waals surface area contributed by atoms with Gasteiger partial charge in [-0.15, -0.1) is 0 Å². The van der Waals surface area contributed by atoms with Gasteiger partial charge >= 0.3 is 5.97 Å². The van der Waals surface area contributed by atoms with E-state index in [1.807, 2.05) is 18.2 Å². The van der Waals surface area contributed by atoms with Crippen LogP contribution in [0.4, 0.5) is 4.39 Å². The Morgan fingerprint density at radius 2 is 1.49 bits per heavy atom. The summed E-state index contributed by atoms with van der Waals surface area (Å²) >= 11 is 0. The van der Waals surface area contributed by atoms with Crippen molar-refractivity contribution < 1.29 is 32.9 Å². The minimum Gasteiger partial charge on any atom is -0.493 e. The molecule has 0 radical (unpaired) electrons. The van der Waals surface area contributed by atoms with Crippen molar-refractivity contribution in [3.05, 3.63) is 94.9 Å². The average Bonchev–Trinajstić information content (AvgIpc) is 3.28. The smallest absolute Gasteiger partial charge is 0.364 e. The van der Waals surface area contributed by atoms with Gasteiger partial charge in [0.05, 0.1) is 26.9 Å². The molecule has 0 fully saturated rings. The molecule has 0 saturated heterocycles. The second-order valence-corrected chi connectivity index (χ2v) is 7.57. The van der Waals surface area contributed by atoms with Crippen LogP contribution in [0.3, 0.4) is 0 Å². The summed E-state index contributed by atoms with van der Waals surface area (Å²) in [6.07, 6.45) is 1.69. The van der Waals surface area contributed by atoms with E-state index < -0.39 is 11.8 Å². The molecule has 0 spiro atoms. The third kappa shape index (κ3) is 3.89. The van der Waals surface area contributed by atoms with Crippen molar-refractivity contribution in [3.8, 4) is 23.0 Å². The highest BCUT2D eigenvalue weighted by Crippen LogP contribution is 2.44. The maximum Gasteiger partial charge on any atom is 0.364 e. The van der Waals surface area contributed by atoms with Gasteiger partial charge in [0.15, 0.2) is 17.2 Å². The van der Waals surface area contributed by atoms with E-state index in [1.165, 1.54) is 33.5 Å². The summed E-state index contributed by atoms with van der Waals surface area (Å²) in [7, 11) is 4.56. The molecule has 0 saturated carbocycles. The first kappa shape index (κ1) is 22.2. The monoisotopic (exact) mass is 473 g/mol. The van der Waals surface area contributed by atoms with Crippen molar-refractivity contribution in [2.75, 3.05) is 21.3 Å². The largest absolute Gasteiger partial charge is 0.493 e. The first-order valence-corrected chi connectivity index (χ1v) is 10.6. The van der Waals surface area contributed by atoms with Gasteiger partial charge in [-0.3, -0.25) is 0 Å². The second-order valence-electron chi connectivity index (χ2n) is 7.57. The lowest BCUT2D eigenvalue weighted by Crippen LogP contribution is -2.09. The van der Waals surface area contributed by atoms with Crippen LogP contribution in [-0.4, -0.2) is 33.2 Å². The zero-order chi connectivity index (χ0) is 24.5. The first-order valence-electron chi connectivity index (χ1n) is 10.6. The highest BCUT2D eigenvalue weighted by molar-refractivity contribution is 6.16. The van der Waals surface area contributed by atoms with Gasteiger partial charge in [0.1, 0.15) is 17.3 Å². The molecular weight excluding hydrogens is 453 g/mol. The Labute approximate surface area is 200 Å². The highest BCUT2D eigenvalue weighted by Gasteiger charge is 2.32. The number of carbonyl (C=O) groups excluding carboxylic acids is 1. The number of benzene rings is 3. The summed E-state index contributed by atoms with van der Waals surface area (Å²) in [6, 6.07) is 16.7. The summed E-state index contributed by atoms with van der Waals surface area (Å²) in [5.74, 6) is 0.951. The Hall–Kier alpha value is -4.59. The molecule has 5 rings (SSSR count). The van der Waals surface area contributed by atoms with Crippen LogP contribution in [0.15, 0.2) is 77.4 Å². The van der Waals surface area contributed by atoms with Gasteiger partial charge in [-0.25, -0.2) is 14.2 Å². The number of esters is 1. The molecule has 8 heteroatoms. The number of nitrogens with zero attached hydrogens (tertiary/aromatic N) is 1. The van der Waals surface area contributed by atoms with Gasteiger partial charge < -0.3 is 23.7 Å². The summed E-state index contributed by atoms with van der Waals surface area (Å²) in [5.41, 5.74) is 1.90. The van der Waals surface area contributed by atoms with Crippen LogP contribution in [0, 0.1) is 5.82 Å². The molecule has 0 N–H and O–H groups in total. The number of para-hydroxylation sites is 1. The van der Waals surface area contributed by atoms with Gasteiger partial charge in [0.25, 0.3) is 0 Å². The lowest BCUT2D eigenvalue weighted by Gasteiger charge is -2.22. The summed E-state index contributed by atoms with van der Waals surface area (Å²) in [5, 5.41) is 0. The van der Waals surface area contributed by atoms with Crippen LogP contribution < -0.4 is 18.9 Å². The van der Waals surface area contributed by atoms with Crippen LogP contribution in [0.25, 0.3) is 11.3 Å². The number of aliphatic imine (C=N–C) groups is 1. The molecule has 2 aliphatic heterocycles. The average molecular weight is 473 g/mol. The minimum atomic E-state index is -0.685. The molecule has 0 aliphatic carbocycles. The molecule has 0 atom stereocenters. The number of allylic oxidation sites excluding steroid dienone is 2. The molecule has 2 heterocycles. The molecule has 3 aromatic carbocycles. The molecular formula is C27H20FNO6. The molecule has 0 bridgehead atoms. The lowest BCUT2D eigenvalue weighted by atomic mass is 9.97. The maximum atomic E-state index is 14.3. The third-order valence-corrected chi connectivity index (χ3v) is 5.58. The van der Waals surface area contributed by atoms with Crippen molar-refractivity contribution in [1.82, 2.24) is 0 Å². The molecule has 7 nitrogen and oxygen atoms in total. The van der Waals surface area contributed by atoms with E-state index in [4.69, 9.17) is 23.7 Å². The standard InChI is InChI=1S/C27H20FNO6/c1-31-22-12-15(13-23(32-2)25(22)33-3)21-14-18(16-8-5-7-11-20(16)34-21)24-27(30)35-26(29-24)17-9-4-6-10-19(17)28/h4-14H,1-3H3. The lowest BCUT2D eigenvalue weighted by molar-refractivity contribution is -0.129. The fourth-order valence-corrected chi connectivity index (χ4v) is 3.92. The number of halogens is 1. The van der Waals surface area contributed by atoms with Gasteiger partial charge in [-0.2, -0.15) is 0 Å². The molecule has 176 valence electrons. The van der Waals surface area contributed by atoms with Crippen molar-refractivity contribution in [2.45, 2.75) is 0 Å². The molecule has 0 amide bonds. The first-order chi connectivity index (χ1) is 17.0. The number of rotatable bonds is 5. The Balaban J connectivity index is 1.69. The Morgan fingerprint density at radius 3 is 2.14 bits per heavy atom. The molecule has 3 aromatic rings. The molecule has 2 aliphatic rings. The van der Waals surface area contributed by atoms with E-state index >= 15 is 0 Å². The Kier molecular flexibility index (Phi) is 5.70. The zero-order valence-electron chi connectivity index (χ0n) is 19.1. The number of methoxy groups -OCH3 is 3. The number of carbonyl (C=O) groups is 1. The number of ether oxygens (including phenoxy) is 5. The van der Waals surface area contributed by atoms with Crippen LogP contribution in [-0.2, 0) is 9.53 Å². The number of fused-ring (bicyclic) bond motifs is 1. The fourth-order valence-electron chi connectivity index (χ4n) is 3.92. The predicted octanol–water partition coefficient (Wildman–Crippen LogP) is 5.00. The SMILES string of the molecule is COc1cc(C2=CC(=C3N=C(c4ccccc4F)OC3=O)c3ccccc3O2)cc(OC)c1OC. The Bertz CT molecular complexity index is 1410. The topological polar surface area (TPSA) is 75.6 Å². The number of cyclic esters (lactones) is 1. The summed E-state index contributed by atoms with van der Waals surface area (Å²) in [4.78, 5) is 17.2. The quantitative estimate of drug-likeness (QED) is 0.384. The van der Waals surface area contributed by atoms with E-state index in [0.29, 0.717) is 45.5 Å². The van der Waals surface area contributed by atoms with E-state index in [0.717, 1.165) is 0 Å². The van der Waals surface area contributed by atoms with E-state index in [9.17, 15) is 9.18 Å². The molecule has 0 unspecified atom stereocenters. The molecule has 0 aromatic heterocycles. The van der Waals surface area contributed by atoms with E-state index in [-0.39, 0.29) is 17.2 Å². The summed E-state index contributed by atoms with van der Waals surface area (Å²) in [6.45, 7) is 0. The van der Waals surface area contributed by atoms with Crippen LogP contribution in [0.1, 0.15) is 16.7 Å². The van der Waals surface area contributed by atoms with Crippen LogP contribution >= 0.6 is 0 Å². The highest BCUT2D eigenvalue weighted by atomic mass is 19.1. The van der Waals surface area contributed by atoms with Crippen molar-refractivity contribution in [2.24, 2.45) is 4.99 Å². The van der Waals surface area contributed by atoms with Gasteiger partial charge in [-0.1, -0.05) is 30.3 Å². The van der Waals surface area contributed by atoms with E-state index in [2.05, 4.69) is 4.99 Å². The van der Waals surface area contributed by atoms with Crippen molar-refractivity contribution >= 4 is 23.2 Å². The predicted molar refractivity (Wildman–Crippen MR) is 127 cm³/mol.